The van der Waals surface area contributed by atoms with Crippen molar-refractivity contribution in [3.05, 3.63) is 0 Å². The van der Waals surface area contributed by atoms with Crippen LogP contribution in [0.4, 0.5) is 0 Å². The van der Waals surface area contributed by atoms with Crippen molar-refractivity contribution in [2.75, 3.05) is 0 Å². The lowest BCUT2D eigenvalue weighted by Crippen LogP contribution is -1.88. The molecule has 12 heavy (non-hydrogen) atoms. The summed E-state index contributed by atoms with van der Waals surface area (Å²) >= 11 is 0. The molecule has 0 atom stereocenters. The summed E-state index contributed by atoms with van der Waals surface area (Å²) in [6, 6.07) is 0. The highest BCUT2D eigenvalue weighted by molar-refractivity contribution is 5.77. The van der Waals surface area contributed by atoms with Crippen molar-refractivity contribution >= 4 is 5.78 Å². The smallest absolute Gasteiger partial charge is 0.132 e. The minimum Gasteiger partial charge on any atom is -0.300 e. The predicted molar refractivity (Wildman–Crippen MR) is 55.4 cm³/mol. The van der Waals surface area contributed by atoms with Crippen LogP contribution in [0.15, 0.2) is 0 Å². The summed E-state index contributed by atoms with van der Waals surface area (Å²) < 4.78 is 0. The number of carbonyl (C=O) groups is 1. The first-order valence-electron chi connectivity index (χ1n) is 5.24. The van der Waals surface area contributed by atoms with Crippen LogP contribution in [0.3, 0.4) is 0 Å². The molecule has 0 saturated heterocycles. The average Bonchev–Trinajstić information content (AvgIpc) is 2.14. The minimum absolute atomic E-state index is 0.343. The maximum Gasteiger partial charge on any atom is 0.132 e. The summed E-state index contributed by atoms with van der Waals surface area (Å²) in [5, 5.41) is 0. The Morgan fingerprint density at radius 3 is 1.25 bits per heavy atom. The van der Waals surface area contributed by atoms with Gasteiger partial charge in [0, 0.05) is 12.8 Å². The molecule has 0 aliphatic carbocycles. The van der Waals surface area contributed by atoms with Crippen molar-refractivity contribution in [3.63, 3.8) is 0 Å². The van der Waals surface area contributed by atoms with E-state index in [4.69, 9.17) is 0 Å². The summed E-state index contributed by atoms with van der Waals surface area (Å²) in [5.41, 5.74) is 0. The Bertz CT molecular complexity index is 77.0. The van der Waals surface area contributed by atoms with E-state index in [1.807, 2.05) is 13.8 Å². The van der Waals surface area contributed by atoms with Gasteiger partial charge in [-0.25, -0.2) is 0 Å². The monoisotopic (exact) mass is 172 g/mol. The van der Waals surface area contributed by atoms with Gasteiger partial charge in [0.2, 0.25) is 0 Å². The first kappa shape index (κ1) is 14.2. The van der Waals surface area contributed by atoms with Gasteiger partial charge in [0.15, 0.2) is 0 Å². The Morgan fingerprint density at radius 2 is 1.17 bits per heavy atom. The highest BCUT2D eigenvalue weighted by Crippen LogP contribution is 1.95. The number of Topliss-reactive ketones (excluding diaryl/α,β-unsaturated/α-hetero) is 1. The Kier molecular flexibility index (Phi) is 15.7. The minimum atomic E-state index is 0.343. The molecule has 0 bridgehead atoms. The lowest BCUT2D eigenvalue weighted by atomic mass is 10.2. The highest BCUT2D eigenvalue weighted by Gasteiger charge is 1.86. The Balaban J connectivity index is 0. The predicted octanol–water partition coefficient (Wildman–Crippen LogP) is 3.96. The number of carbonyl (C=O) groups excluding carboxylic acids is 1. The molecular weight excluding hydrogens is 148 g/mol. The van der Waals surface area contributed by atoms with Crippen molar-refractivity contribution in [2.45, 2.75) is 66.2 Å². The normalized spacial score (nSPS) is 8.67. The Morgan fingerprint density at radius 1 is 0.833 bits per heavy atom. The molecule has 0 spiro atoms. The molecule has 0 saturated carbocycles. The number of hydrogen-bond acceptors (Lipinski definition) is 1. The molecule has 0 heterocycles. The van der Waals surface area contributed by atoms with Crippen LogP contribution in [0.2, 0.25) is 0 Å². The summed E-state index contributed by atoms with van der Waals surface area (Å²) in [7, 11) is 0. The first-order chi connectivity index (χ1) is 5.72. The van der Waals surface area contributed by atoms with Crippen molar-refractivity contribution in [3.8, 4) is 0 Å². The van der Waals surface area contributed by atoms with Gasteiger partial charge in [0.25, 0.3) is 0 Å². The molecular formula is C11H24O. The molecule has 0 aliphatic heterocycles. The molecule has 0 rings (SSSR count). The number of unbranched alkanes of at least 4 members (excludes halogenated alkanes) is 3. The van der Waals surface area contributed by atoms with Crippen molar-refractivity contribution in [2.24, 2.45) is 0 Å². The number of hydrogen-bond donors (Lipinski definition) is 0. The lowest BCUT2D eigenvalue weighted by Gasteiger charge is -1.86. The van der Waals surface area contributed by atoms with Crippen LogP contribution in [-0.2, 0) is 4.79 Å². The van der Waals surface area contributed by atoms with Crippen LogP contribution >= 0.6 is 0 Å². The molecule has 0 aromatic heterocycles. The van der Waals surface area contributed by atoms with Crippen molar-refractivity contribution in [1.29, 1.82) is 0 Å². The molecule has 1 heteroatoms. The van der Waals surface area contributed by atoms with E-state index in [-0.39, 0.29) is 0 Å². The van der Waals surface area contributed by atoms with E-state index in [0.717, 1.165) is 0 Å². The molecule has 0 unspecified atom stereocenters. The van der Waals surface area contributed by atoms with Gasteiger partial charge in [-0.1, -0.05) is 53.4 Å². The second kappa shape index (κ2) is 13.3. The largest absolute Gasteiger partial charge is 0.300 e. The van der Waals surface area contributed by atoms with E-state index in [2.05, 4.69) is 13.8 Å². The summed E-state index contributed by atoms with van der Waals surface area (Å²) in [6.07, 6.45) is 6.92. The van der Waals surface area contributed by atoms with Crippen LogP contribution in [0.5, 0.6) is 0 Å². The number of rotatable bonds is 5. The fourth-order valence-corrected chi connectivity index (χ4v) is 0.750. The van der Waals surface area contributed by atoms with Gasteiger partial charge in [0.05, 0.1) is 0 Å². The third-order valence-corrected chi connectivity index (χ3v) is 1.75. The second-order valence-corrected chi connectivity index (χ2v) is 2.95. The Hall–Kier alpha value is -0.330. The molecule has 0 radical (unpaired) electrons. The second-order valence-electron chi connectivity index (χ2n) is 2.95. The van der Waals surface area contributed by atoms with E-state index in [1.165, 1.54) is 25.7 Å². The maximum atomic E-state index is 10.2. The molecule has 0 N–H and O–H groups in total. The van der Waals surface area contributed by atoms with E-state index in [0.29, 0.717) is 18.6 Å². The van der Waals surface area contributed by atoms with E-state index >= 15 is 0 Å². The zero-order valence-corrected chi connectivity index (χ0v) is 9.15. The quantitative estimate of drug-likeness (QED) is 0.574. The van der Waals surface area contributed by atoms with Crippen molar-refractivity contribution < 1.29 is 4.79 Å². The third-order valence-electron chi connectivity index (χ3n) is 1.75. The van der Waals surface area contributed by atoms with E-state index < -0.39 is 0 Å². The van der Waals surface area contributed by atoms with Gasteiger partial charge in [0.1, 0.15) is 5.78 Å². The van der Waals surface area contributed by atoms with Crippen LogP contribution in [0, 0.1) is 0 Å². The molecule has 0 aromatic carbocycles. The first-order valence-corrected chi connectivity index (χ1v) is 5.24. The van der Waals surface area contributed by atoms with Crippen LogP contribution in [0.25, 0.3) is 0 Å². The molecule has 0 amide bonds. The fourth-order valence-electron chi connectivity index (χ4n) is 0.750. The fraction of sp³-hybridized carbons (Fsp3) is 0.909. The lowest BCUT2D eigenvalue weighted by molar-refractivity contribution is -0.118. The molecule has 1 nitrogen and oxygen atoms in total. The molecule has 0 aromatic rings. The Labute approximate surface area is 77.6 Å². The zero-order valence-electron chi connectivity index (χ0n) is 9.15. The maximum absolute atomic E-state index is 10.2. The van der Waals surface area contributed by atoms with Crippen LogP contribution in [-0.4, -0.2) is 5.78 Å². The van der Waals surface area contributed by atoms with Gasteiger partial charge in [-0.3, -0.25) is 4.79 Å². The standard InChI is InChI=1S/C6H14.C5H10O/c1-3-5-6-4-2;1-3-5(6)4-2/h3-6H2,1-2H3;3-4H2,1-2H3. The van der Waals surface area contributed by atoms with Gasteiger partial charge in [-0.2, -0.15) is 0 Å². The van der Waals surface area contributed by atoms with Gasteiger partial charge in [-0.15, -0.1) is 0 Å². The average molecular weight is 172 g/mol. The highest BCUT2D eigenvalue weighted by atomic mass is 16.1. The molecule has 74 valence electrons. The topological polar surface area (TPSA) is 17.1 Å². The molecule has 0 fully saturated rings. The van der Waals surface area contributed by atoms with E-state index in [9.17, 15) is 4.79 Å². The van der Waals surface area contributed by atoms with Crippen LogP contribution < -0.4 is 0 Å². The van der Waals surface area contributed by atoms with Crippen LogP contribution in [0.1, 0.15) is 66.2 Å². The van der Waals surface area contributed by atoms with Gasteiger partial charge >= 0.3 is 0 Å². The SMILES string of the molecule is CCC(=O)CC.CCCCCC. The summed E-state index contributed by atoms with van der Waals surface area (Å²) in [5.74, 6) is 0.343. The summed E-state index contributed by atoms with van der Waals surface area (Å²) in [6.45, 7) is 8.23. The molecule has 0 aliphatic rings. The third kappa shape index (κ3) is 16.3. The zero-order chi connectivity index (χ0) is 9.82. The van der Waals surface area contributed by atoms with E-state index in [1.54, 1.807) is 0 Å². The van der Waals surface area contributed by atoms with Gasteiger partial charge < -0.3 is 0 Å². The van der Waals surface area contributed by atoms with Gasteiger partial charge in [-0.05, 0) is 0 Å². The van der Waals surface area contributed by atoms with Crippen molar-refractivity contribution in [1.82, 2.24) is 0 Å². The summed E-state index contributed by atoms with van der Waals surface area (Å²) in [4.78, 5) is 10.2. The number of ketones is 1.